The summed E-state index contributed by atoms with van der Waals surface area (Å²) in [6.45, 7) is 6.44. The lowest BCUT2D eigenvalue weighted by molar-refractivity contribution is 0.259. The Hall–Kier alpha value is -2.49. The minimum atomic E-state index is 0.106. The Kier molecular flexibility index (Phi) is 6.89. The first-order valence-electron chi connectivity index (χ1n) is 12.1. The summed E-state index contributed by atoms with van der Waals surface area (Å²) in [5, 5.41) is 4.64. The van der Waals surface area contributed by atoms with E-state index in [1.54, 1.807) is 11.3 Å². The van der Waals surface area contributed by atoms with Crippen LogP contribution in [0.1, 0.15) is 36.7 Å². The first kappa shape index (κ1) is 22.3. The molecule has 1 aromatic carbocycles. The number of aromatic nitrogens is 3. The normalized spacial score (nSPS) is 17.4. The van der Waals surface area contributed by atoms with Crippen LogP contribution in [-0.2, 0) is 0 Å². The number of likely N-dealkylation sites (N-methyl/N-ethyl adjacent to an activating group) is 1. The molecule has 0 aliphatic carbocycles. The molecule has 3 N–H and O–H groups in total. The van der Waals surface area contributed by atoms with Gasteiger partial charge in [-0.2, -0.15) is 9.97 Å². The summed E-state index contributed by atoms with van der Waals surface area (Å²) < 4.78 is 1.21. The lowest BCUT2D eigenvalue weighted by Crippen LogP contribution is -2.34. The van der Waals surface area contributed by atoms with Crippen LogP contribution in [0.2, 0.25) is 0 Å². The maximum absolute atomic E-state index is 6.16. The van der Waals surface area contributed by atoms with E-state index in [2.05, 4.69) is 51.3 Å². The van der Waals surface area contributed by atoms with Crippen molar-refractivity contribution in [2.24, 2.45) is 5.73 Å². The van der Waals surface area contributed by atoms with Crippen LogP contribution in [-0.4, -0.2) is 72.7 Å². The Bertz CT molecular complexity index is 990. The van der Waals surface area contributed by atoms with Gasteiger partial charge in [0.05, 0.1) is 16.3 Å². The van der Waals surface area contributed by atoms with E-state index in [4.69, 9.17) is 20.7 Å². The third-order valence-corrected chi connectivity index (χ3v) is 7.78. The number of rotatable bonds is 9. The van der Waals surface area contributed by atoms with Crippen LogP contribution in [0.3, 0.4) is 0 Å². The van der Waals surface area contributed by atoms with Crippen molar-refractivity contribution >= 4 is 39.1 Å². The van der Waals surface area contributed by atoms with Crippen LogP contribution >= 0.6 is 11.3 Å². The Morgan fingerprint density at radius 1 is 1.03 bits per heavy atom. The van der Waals surface area contributed by atoms with E-state index in [0.717, 1.165) is 67.4 Å². The van der Waals surface area contributed by atoms with Gasteiger partial charge in [-0.1, -0.05) is 12.1 Å². The van der Waals surface area contributed by atoms with E-state index in [-0.39, 0.29) is 6.04 Å². The third-order valence-electron chi connectivity index (χ3n) is 6.64. The maximum atomic E-state index is 6.16. The van der Waals surface area contributed by atoms with Gasteiger partial charge in [0.15, 0.2) is 0 Å². The molecular formula is C24H34N8S. The summed E-state index contributed by atoms with van der Waals surface area (Å²) in [4.78, 5) is 21.6. The minimum absolute atomic E-state index is 0.106. The number of nitrogens with one attached hydrogen (secondary N) is 1. The van der Waals surface area contributed by atoms with Crippen molar-refractivity contribution in [3.05, 3.63) is 35.3 Å². The van der Waals surface area contributed by atoms with E-state index in [1.807, 2.05) is 6.07 Å². The molecule has 0 radical (unpaired) electrons. The monoisotopic (exact) mass is 466 g/mol. The second-order valence-electron chi connectivity index (χ2n) is 8.98. The molecule has 8 nitrogen and oxygen atoms in total. The van der Waals surface area contributed by atoms with Gasteiger partial charge in [-0.05, 0) is 44.9 Å². The second-order valence-corrected chi connectivity index (χ2v) is 10.0. The molecule has 33 heavy (non-hydrogen) atoms. The predicted octanol–water partition coefficient (Wildman–Crippen LogP) is 3.33. The summed E-state index contributed by atoms with van der Waals surface area (Å²) in [5.74, 6) is 2.82. The van der Waals surface area contributed by atoms with Crippen LogP contribution in [0.5, 0.6) is 0 Å². The number of nitrogens with two attached hydrogens (primary N) is 1. The summed E-state index contributed by atoms with van der Waals surface area (Å²) >= 11 is 1.74. The van der Waals surface area contributed by atoms with Crippen molar-refractivity contribution in [2.75, 3.05) is 68.0 Å². The van der Waals surface area contributed by atoms with Crippen molar-refractivity contribution in [1.29, 1.82) is 0 Å². The zero-order valence-corrected chi connectivity index (χ0v) is 20.2. The topological polar surface area (TPSA) is 86.4 Å². The molecule has 5 rings (SSSR count). The number of anilines is 3. The number of benzene rings is 1. The third kappa shape index (κ3) is 5.05. The van der Waals surface area contributed by atoms with Gasteiger partial charge < -0.3 is 20.9 Å². The van der Waals surface area contributed by atoms with Crippen molar-refractivity contribution in [3.8, 4) is 0 Å². The molecule has 3 aromatic rings. The number of nitrogens with zero attached hydrogens (tertiary/aromatic N) is 6. The SMILES string of the molecule is CN(CCNc1cc(N2CCCC2)nc(N2CCCC2)n1)C(CN)c1nc2ccccc2s1. The van der Waals surface area contributed by atoms with Gasteiger partial charge in [-0.15, -0.1) is 11.3 Å². The highest BCUT2D eigenvalue weighted by Gasteiger charge is 2.22. The molecule has 2 aliphatic rings. The fourth-order valence-corrected chi connectivity index (χ4v) is 5.84. The number of thiazole rings is 1. The molecule has 2 fully saturated rings. The highest BCUT2D eigenvalue weighted by Crippen LogP contribution is 2.29. The minimum Gasteiger partial charge on any atom is -0.369 e. The number of para-hydroxylation sites is 1. The quantitative estimate of drug-likeness (QED) is 0.497. The molecule has 0 spiro atoms. The average molecular weight is 467 g/mol. The van der Waals surface area contributed by atoms with E-state index in [9.17, 15) is 0 Å². The van der Waals surface area contributed by atoms with Crippen molar-refractivity contribution < 1.29 is 0 Å². The van der Waals surface area contributed by atoms with Gasteiger partial charge >= 0.3 is 0 Å². The van der Waals surface area contributed by atoms with Crippen LogP contribution in [0.15, 0.2) is 30.3 Å². The second kappa shape index (κ2) is 10.2. The van der Waals surface area contributed by atoms with E-state index >= 15 is 0 Å². The molecule has 1 unspecified atom stereocenters. The van der Waals surface area contributed by atoms with Gasteiger partial charge in [0, 0.05) is 51.9 Å². The van der Waals surface area contributed by atoms with Crippen molar-refractivity contribution in [1.82, 2.24) is 19.9 Å². The van der Waals surface area contributed by atoms with Crippen molar-refractivity contribution in [3.63, 3.8) is 0 Å². The smallest absolute Gasteiger partial charge is 0.229 e. The molecule has 9 heteroatoms. The Morgan fingerprint density at radius 2 is 1.76 bits per heavy atom. The lowest BCUT2D eigenvalue weighted by Gasteiger charge is -2.26. The van der Waals surface area contributed by atoms with Crippen LogP contribution in [0.25, 0.3) is 10.2 Å². The largest absolute Gasteiger partial charge is 0.369 e. The molecule has 176 valence electrons. The molecule has 0 bridgehead atoms. The zero-order valence-electron chi connectivity index (χ0n) is 19.4. The molecule has 2 aromatic heterocycles. The Balaban J connectivity index is 1.26. The predicted molar refractivity (Wildman–Crippen MR) is 137 cm³/mol. The number of hydrogen-bond donors (Lipinski definition) is 2. The number of hydrogen-bond acceptors (Lipinski definition) is 9. The van der Waals surface area contributed by atoms with Gasteiger partial charge in [0.25, 0.3) is 0 Å². The van der Waals surface area contributed by atoms with Gasteiger partial charge in [-0.25, -0.2) is 4.98 Å². The zero-order chi connectivity index (χ0) is 22.6. The highest BCUT2D eigenvalue weighted by atomic mass is 32.1. The maximum Gasteiger partial charge on any atom is 0.229 e. The van der Waals surface area contributed by atoms with Crippen LogP contribution < -0.4 is 20.9 Å². The Morgan fingerprint density at radius 3 is 2.48 bits per heavy atom. The fourth-order valence-electron chi connectivity index (χ4n) is 4.70. The average Bonchev–Trinajstić information content (AvgIpc) is 3.61. The lowest BCUT2D eigenvalue weighted by atomic mass is 10.2. The van der Waals surface area contributed by atoms with E-state index in [1.165, 1.54) is 30.4 Å². The van der Waals surface area contributed by atoms with Gasteiger partial charge in [0.2, 0.25) is 5.95 Å². The fraction of sp³-hybridized carbons (Fsp3) is 0.542. The van der Waals surface area contributed by atoms with E-state index < -0.39 is 0 Å². The molecule has 1 atom stereocenters. The molecule has 4 heterocycles. The standard InChI is InChI=1S/C24H34N8S/c1-30(19(17-25)23-27-18-8-2-3-9-20(18)33-23)15-10-26-21-16-22(31-11-4-5-12-31)29-24(28-21)32-13-6-7-14-32/h2-3,8-9,16,19H,4-7,10-15,17,25H2,1H3,(H,26,28,29). The molecular weight excluding hydrogens is 432 g/mol. The summed E-state index contributed by atoms with van der Waals surface area (Å²) in [7, 11) is 2.12. The molecule has 2 saturated heterocycles. The van der Waals surface area contributed by atoms with Crippen LogP contribution in [0.4, 0.5) is 17.6 Å². The van der Waals surface area contributed by atoms with Gasteiger partial charge in [-0.3, -0.25) is 4.90 Å². The molecule has 2 aliphatic heterocycles. The summed E-state index contributed by atoms with van der Waals surface area (Å²) in [5.41, 5.74) is 7.21. The summed E-state index contributed by atoms with van der Waals surface area (Å²) in [6, 6.07) is 10.5. The Labute approximate surface area is 199 Å². The first-order valence-corrected chi connectivity index (χ1v) is 12.9. The first-order chi connectivity index (χ1) is 16.2. The van der Waals surface area contributed by atoms with Crippen LogP contribution in [0, 0.1) is 0 Å². The summed E-state index contributed by atoms with van der Waals surface area (Å²) in [6.07, 6.45) is 4.92. The number of fused-ring (bicyclic) bond motifs is 1. The molecule has 0 amide bonds. The van der Waals surface area contributed by atoms with Crippen molar-refractivity contribution in [2.45, 2.75) is 31.7 Å². The molecule has 0 saturated carbocycles. The van der Waals surface area contributed by atoms with Gasteiger partial charge in [0.1, 0.15) is 16.6 Å². The van der Waals surface area contributed by atoms with E-state index in [0.29, 0.717) is 6.54 Å². The highest BCUT2D eigenvalue weighted by molar-refractivity contribution is 7.18.